The predicted molar refractivity (Wildman–Crippen MR) is 96.4 cm³/mol. The lowest BCUT2D eigenvalue weighted by Crippen LogP contribution is -2.57. The van der Waals surface area contributed by atoms with E-state index in [1.165, 1.54) is 48.1 Å². The van der Waals surface area contributed by atoms with Crippen LogP contribution < -0.4 is 0 Å². The Bertz CT molecular complexity index is 746. The predicted octanol–water partition coefficient (Wildman–Crippen LogP) is 2.34. The summed E-state index contributed by atoms with van der Waals surface area (Å²) in [6, 6.07) is 9.87. The molecule has 2 bridgehead atoms. The number of aliphatic hydroxyl groups excluding tert-OH is 1. The first kappa shape index (κ1) is 14.9. The van der Waals surface area contributed by atoms with Gasteiger partial charge in [-0.05, 0) is 57.5 Å². The van der Waals surface area contributed by atoms with Gasteiger partial charge in [-0.25, -0.2) is 0 Å². The zero-order valence-electron chi connectivity index (χ0n) is 14.4. The van der Waals surface area contributed by atoms with E-state index in [0.29, 0.717) is 12.1 Å². The van der Waals surface area contributed by atoms with Crippen molar-refractivity contribution in [1.82, 2.24) is 14.8 Å². The van der Waals surface area contributed by atoms with Crippen LogP contribution in [0.3, 0.4) is 0 Å². The number of hydrogen-bond acceptors (Lipinski definition) is 3. The first-order chi connectivity index (χ1) is 11.7. The van der Waals surface area contributed by atoms with Gasteiger partial charge in [0.2, 0.25) is 0 Å². The Kier molecular flexibility index (Phi) is 3.47. The lowest BCUT2D eigenvalue weighted by atomic mass is 9.75. The number of fused-ring (bicyclic) bond motifs is 6. The number of para-hydroxylation sites is 1. The van der Waals surface area contributed by atoms with Crippen LogP contribution >= 0.6 is 0 Å². The summed E-state index contributed by atoms with van der Waals surface area (Å²) < 4.78 is 0. The van der Waals surface area contributed by atoms with Crippen molar-refractivity contribution in [3.63, 3.8) is 0 Å². The van der Waals surface area contributed by atoms with Gasteiger partial charge in [0.05, 0.1) is 6.10 Å². The van der Waals surface area contributed by atoms with E-state index in [-0.39, 0.29) is 12.0 Å². The average Bonchev–Trinajstić information content (AvgIpc) is 2.97. The van der Waals surface area contributed by atoms with Crippen molar-refractivity contribution < 1.29 is 5.11 Å². The molecule has 5 rings (SSSR count). The molecule has 0 amide bonds. The highest BCUT2D eigenvalue weighted by Crippen LogP contribution is 2.43. The van der Waals surface area contributed by atoms with Crippen LogP contribution in [0.15, 0.2) is 24.3 Å². The molecule has 4 nitrogen and oxygen atoms in total. The number of likely N-dealkylation sites (tertiary alicyclic amines) is 2. The molecule has 4 heteroatoms. The van der Waals surface area contributed by atoms with Gasteiger partial charge in [-0.3, -0.25) is 4.90 Å². The quantitative estimate of drug-likeness (QED) is 0.846. The number of aromatic nitrogens is 1. The van der Waals surface area contributed by atoms with Crippen LogP contribution in [-0.4, -0.2) is 64.8 Å². The molecule has 3 heterocycles. The summed E-state index contributed by atoms with van der Waals surface area (Å²) in [4.78, 5) is 8.70. The van der Waals surface area contributed by atoms with Gasteiger partial charge in [-0.1, -0.05) is 18.2 Å². The SMILES string of the molecule is CN1CCC(N2C[C@@H](O)[C@H]3C[C@@H]2Cc2c3[nH]c3ccccc23)CC1. The third-order valence-corrected chi connectivity index (χ3v) is 6.67. The summed E-state index contributed by atoms with van der Waals surface area (Å²) >= 11 is 0. The molecule has 2 saturated heterocycles. The second kappa shape index (κ2) is 5.58. The van der Waals surface area contributed by atoms with Crippen molar-refractivity contribution in [3.8, 4) is 0 Å². The smallest absolute Gasteiger partial charge is 0.0750 e. The normalized spacial score (nSPS) is 32.2. The molecule has 0 radical (unpaired) electrons. The van der Waals surface area contributed by atoms with E-state index in [4.69, 9.17) is 0 Å². The van der Waals surface area contributed by atoms with Crippen LogP contribution in [0.2, 0.25) is 0 Å². The topological polar surface area (TPSA) is 42.5 Å². The number of rotatable bonds is 1. The van der Waals surface area contributed by atoms with E-state index >= 15 is 0 Å². The Morgan fingerprint density at radius 1 is 1.12 bits per heavy atom. The first-order valence-corrected chi connectivity index (χ1v) is 9.42. The van der Waals surface area contributed by atoms with Crippen LogP contribution in [-0.2, 0) is 6.42 Å². The van der Waals surface area contributed by atoms with Crippen molar-refractivity contribution in [2.45, 2.75) is 49.8 Å². The van der Waals surface area contributed by atoms with Gasteiger partial charge >= 0.3 is 0 Å². The van der Waals surface area contributed by atoms with Crippen LogP contribution in [0.1, 0.15) is 36.4 Å². The van der Waals surface area contributed by atoms with Gasteiger partial charge in [0.15, 0.2) is 0 Å². The summed E-state index contributed by atoms with van der Waals surface area (Å²) in [6.45, 7) is 3.22. The molecule has 0 unspecified atom stereocenters. The Morgan fingerprint density at radius 2 is 1.92 bits per heavy atom. The number of β-amino-alcohol motifs (C(OH)–C–C–N with tert-alkyl or cyclic N) is 1. The second-order valence-electron chi connectivity index (χ2n) is 8.06. The molecule has 2 aromatic rings. The van der Waals surface area contributed by atoms with E-state index in [1.807, 2.05) is 0 Å². The second-order valence-corrected chi connectivity index (χ2v) is 8.06. The molecule has 0 saturated carbocycles. The minimum atomic E-state index is -0.243. The van der Waals surface area contributed by atoms with Gasteiger partial charge in [0, 0.05) is 41.1 Å². The molecule has 1 aromatic heterocycles. The molecule has 2 fully saturated rings. The first-order valence-electron chi connectivity index (χ1n) is 9.42. The van der Waals surface area contributed by atoms with Gasteiger partial charge in [-0.2, -0.15) is 0 Å². The number of hydrogen-bond donors (Lipinski definition) is 2. The molecule has 0 spiro atoms. The zero-order valence-corrected chi connectivity index (χ0v) is 14.4. The minimum absolute atomic E-state index is 0.243. The zero-order chi connectivity index (χ0) is 16.3. The third kappa shape index (κ3) is 2.24. The van der Waals surface area contributed by atoms with Crippen LogP contribution in [0.5, 0.6) is 0 Å². The van der Waals surface area contributed by atoms with E-state index in [9.17, 15) is 5.11 Å². The van der Waals surface area contributed by atoms with Gasteiger partial charge in [0.25, 0.3) is 0 Å². The number of aliphatic hydroxyl groups is 1. The van der Waals surface area contributed by atoms with Crippen LogP contribution in [0.4, 0.5) is 0 Å². The number of piperidine rings is 2. The van der Waals surface area contributed by atoms with Crippen molar-refractivity contribution in [2.75, 3.05) is 26.7 Å². The lowest BCUT2D eigenvalue weighted by Gasteiger charge is -2.50. The average molecular weight is 325 g/mol. The highest BCUT2D eigenvalue weighted by atomic mass is 16.3. The van der Waals surface area contributed by atoms with Crippen molar-refractivity contribution >= 4 is 10.9 Å². The number of H-pyrrole nitrogens is 1. The minimum Gasteiger partial charge on any atom is -0.391 e. The summed E-state index contributed by atoms with van der Waals surface area (Å²) in [5.74, 6) is 0.286. The largest absolute Gasteiger partial charge is 0.391 e. The Morgan fingerprint density at radius 3 is 2.75 bits per heavy atom. The van der Waals surface area contributed by atoms with Gasteiger partial charge in [0.1, 0.15) is 0 Å². The number of aromatic amines is 1. The Hall–Kier alpha value is -1.36. The van der Waals surface area contributed by atoms with Crippen LogP contribution in [0.25, 0.3) is 10.9 Å². The number of benzene rings is 1. The molecule has 24 heavy (non-hydrogen) atoms. The fourth-order valence-corrected chi connectivity index (χ4v) is 5.36. The monoisotopic (exact) mass is 325 g/mol. The summed E-state index contributed by atoms with van der Waals surface area (Å²) in [5, 5.41) is 12.2. The molecule has 1 aliphatic carbocycles. The maximum Gasteiger partial charge on any atom is 0.0750 e. The van der Waals surface area contributed by atoms with Crippen molar-refractivity contribution in [2.24, 2.45) is 0 Å². The molecule has 3 atom stereocenters. The highest BCUT2D eigenvalue weighted by Gasteiger charge is 2.44. The Balaban J connectivity index is 1.49. The van der Waals surface area contributed by atoms with Crippen LogP contribution in [0, 0.1) is 0 Å². The molecule has 128 valence electrons. The Labute approximate surface area is 143 Å². The molecular formula is C20H27N3O. The molecular weight excluding hydrogens is 298 g/mol. The van der Waals surface area contributed by atoms with Crippen molar-refractivity contribution in [3.05, 3.63) is 35.5 Å². The van der Waals surface area contributed by atoms with E-state index in [0.717, 1.165) is 19.4 Å². The summed E-state index contributed by atoms with van der Waals surface area (Å²) in [6.07, 6.45) is 4.48. The fourth-order valence-electron chi connectivity index (χ4n) is 5.36. The maximum absolute atomic E-state index is 10.9. The van der Waals surface area contributed by atoms with Gasteiger partial charge < -0.3 is 15.0 Å². The highest BCUT2D eigenvalue weighted by molar-refractivity contribution is 5.85. The third-order valence-electron chi connectivity index (χ3n) is 6.67. The number of nitrogens with zero attached hydrogens (tertiary/aromatic N) is 2. The standard InChI is InChI=1S/C20H27N3O/c1-22-8-6-13(7-9-22)23-12-19(24)17-11-14(23)10-16-15-4-2-3-5-18(15)21-20(16)17/h2-5,13-14,17,19,21,24H,6-12H2,1H3/t14-,17+,19+/m0/s1. The summed E-state index contributed by atoms with van der Waals surface area (Å²) in [7, 11) is 2.22. The molecule has 3 aliphatic rings. The lowest BCUT2D eigenvalue weighted by molar-refractivity contribution is -0.0262. The molecule has 1 aromatic carbocycles. The van der Waals surface area contributed by atoms with E-state index < -0.39 is 0 Å². The van der Waals surface area contributed by atoms with Gasteiger partial charge in [-0.15, -0.1) is 0 Å². The number of nitrogens with one attached hydrogen (secondary N) is 1. The molecule has 2 N–H and O–H groups in total. The fraction of sp³-hybridized carbons (Fsp3) is 0.600. The molecule has 2 aliphatic heterocycles. The summed E-state index contributed by atoms with van der Waals surface area (Å²) in [5.41, 5.74) is 4.00. The maximum atomic E-state index is 10.9. The van der Waals surface area contributed by atoms with Crippen molar-refractivity contribution in [1.29, 1.82) is 0 Å². The van der Waals surface area contributed by atoms with E-state index in [2.05, 4.69) is 46.1 Å². The van der Waals surface area contributed by atoms with E-state index in [1.54, 1.807) is 0 Å².